The first-order valence-corrected chi connectivity index (χ1v) is 7.42. The van der Waals surface area contributed by atoms with E-state index in [4.69, 9.17) is 5.73 Å². The second kappa shape index (κ2) is 5.71. The van der Waals surface area contributed by atoms with Crippen LogP contribution in [0.2, 0.25) is 0 Å². The molecule has 1 amide bonds. The third-order valence-corrected chi connectivity index (χ3v) is 3.97. The molecule has 0 atom stereocenters. The van der Waals surface area contributed by atoms with E-state index in [-0.39, 0.29) is 5.54 Å². The van der Waals surface area contributed by atoms with Crippen LogP contribution in [-0.2, 0) is 11.3 Å². The van der Waals surface area contributed by atoms with Gasteiger partial charge in [-0.1, -0.05) is 23.9 Å². The fraction of sp³-hybridized carbons (Fsp3) is 0.333. The van der Waals surface area contributed by atoms with Crippen molar-refractivity contribution < 1.29 is 4.79 Å². The van der Waals surface area contributed by atoms with Crippen molar-refractivity contribution in [2.24, 2.45) is 5.73 Å². The van der Waals surface area contributed by atoms with Crippen LogP contribution in [-0.4, -0.2) is 15.5 Å². The van der Waals surface area contributed by atoms with Gasteiger partial charge < -0.3 is 10.3 Å². The minimum absolute atomic E-state index is 0.0225. The first kappa shape index (κ1) is 14.7. The highest BCUT2D eigenvalue weighted by Gasteiger charge is 2.16. The Bertz CT molecular complexity index is 596. The molecule has 0 spiro atoms. The SMILES string of the molecule is CC(C)(C)n1ccnc1SCc1ccc(C(N)=O)cc1. The molecule has 20 heavy (non-hydrogen) atoms. The van der Waals surface area contributed by atoms with Crippen molar-refractivity contribution in [3.63, 3.8) is 0 Å². The number of carbonyl (C=O) groups is 1. The van der Waals surface area contributed by atoms with Crippen molar-refractivity contribution in [3.8, 4) is 0 Å². The number of hydrogen-bond acceptors (Lipinski definition) is 3. The van der Waals surface area contributed by atoms with Gasteiger partial charge in [0.15, 0.2) is 5.16 Å². The third kappa shape index (κ3) is 3.42. The molecule has 0 saturated carbocycles. The van der Waals surface area contributed by atoms with Crippen LogP contribution in [0, 0.1) is 0 Å². The van der Waals surface area contributed by atoms with Crippen LogP contribution in [0.3, 0.4) is 0 Å². The minimum Gasteiger partial charge on any atom is -0.366 e. The summed E-state index contributed by atoms with van der Waals surface area (Å²) < 4.78 is 2.16. The summed E-state index contributed by atoms with van der Waals surface area (Å²) in [7, 11) is 0. The van der Waals surface area contributed by atoms with E-state index in [2.05, 4.69) is 30.3 Å². The Morgan fingerprint density at radius 3 is 2.50 bits per heavy atom. The Morgan fingerprint density at radius 2 is 1.95 bits per heavy atom. The highest BCUT2D eigenvalue weighted by atomic mass is 32.2. The van der Waals surface area contributed by atoms with E-state index in [1.54, 1.807) is 23.9 Å². The molecule has 2 rings (SSSR count). The molecule has 2 N–H and O–H groups in total. The number of nitrogens with two attached hydrogens (primary N) is 1. The van der Waals surface area contributed by atoms with E-state index in [0.717, 1.165) is 16.5 Å². The quantitative estimate of drug-likeness (QED) is 0.880. The van der Waals surface area contributed by atoms with Crippen LogP contribution in [0.25, 0.3) is 0 Å². The molecule has 0 aliphatic heterocycles. The van der Waals surface area contributed by atoms with Gasteiger partial charge in [-0.05, 0) is 38.5 Å². The maximum absolute atomic E-state index is 11.0. The molecular weight excluding hydrogens is 270 g/mol. The van der Waals surface area contributed by atoms with Crippen molar-refractivity contribution in [1.29, 1.82) is 0 Å². The summed E-state index contributed by atoms with van der Waals surface area (Å²) in [5.41, 5.74) is 6.93. The number of hydrogen-bond donors (Lipinski definition) is 1. The molecule has 1 aromatic carbocycles. The van der Waals surface area contributed by atoms with Gasteiger partial charge in [0.05, 0.1) is 0 Å². The fourth-order valence-electron chi connectivity index (χ4n) is 1.82. The molecule has 2 aromatic rings. The number of benzene rings is 1. The van der Waals surface area contributed by atoms with Crippen molar-refractivity contribution in [2.75, 3.05) is 0 Å². The zero-order valence-corrected chi connectivity index (χ0v) is 12.8. The normalized spacial score (nSPS) is 11.6. The summed E-state index contributed by atoms with van der Waals surface area (Å²) in [6, 6.07) is 7.37. The van der Waals surface area contributed by atoms with Crippen molar-refractivity contribution in [3.05, 3.63) is 47.8 Å². The molecule has 106 valence electrons. The van der Waals surface area contributed by atoms with Gasteiger partial charge >= 0.3 is 0 Å². The van der Waals surface area contributed by atoms with E-state index >= 15 is 0 Å². The first-order valence-electron chi connectivity index (χ1n) is 6.43. The number of thioether (sulfide) groups is 1. The first-order chi connectivity index (χ1) is 9.38. The van der Waals surface area contributed by atoms with Crippen molar-refractivity contribution >= 4 is 17.7 Å². The summed E-state index contributed by atoms with van der Waals surface area (Å²) in [4.78, 5) is 15.4. The van der Waals surface area contributed by atoms with Gasteiger partial charge in [-0.2, -0.15) is 0 Å². The Hall–Kier alpha value is -1.75. The largest absolute Gasteiger partial charge is 0.366 e. The summed E-state index contributed by atoms with van der Waals surface area (Å²) in [5.74, 6) is 0.416. The summed E-state index contributed by atoms with van der Waals surface area (Å²) >= 11 is 1.68. The number of nitrogens with zero attached hydrogens (tertiary/aromatic N) is 2. The fourth-order valence-corrected chi connectivity index (χ4v) is 2.92. The van der Waals surface area contributed by atoms with E-state index in [1.165, 1.54) is 0 Å². The Balaban J connectivity index is 2.06. The summed E-state index contributed by atoms with van der Waals surface area (Å²) in [5, 5.41) is 0.997. The maximum atomic E-state index is 11.0. The highest BCUT2D eigenvalue weighted by molar-refractivity contribution is 7.98. The Kier molecular flexibility index (Phi) is 4.18. The number of rotatable bonds is 4. The van der Waals surface area contributed by atoms with Gasteiger partial charge in [0.25, 0.3) is 0 Å². The maximum Gasteiger partial charge on any atom is 0.248 e. The monoisotopic (exact) mass is 289 g/mol. The number of carbonyl (C=O) groups excluding carboxylic acids is 1. The van der Waals surface area contributed by atoms with Crippen LogP contribution in [0.5, 0.6) is 0 Å². The van der Waals surface area contributed by atoms with Crippen molar-refractivity contribution in [2.45, 2.75) is 37.2 Å². The second-order valence-corrected chi connectivity index (χ2v) is 6.54. The average molecular weight is 289 g/mol. The molecule has 0 unspecified atom stereocenters. The minimum atomic E-state index is -0.396. The lowest BCUT2D eigenvalue weighted by Crippen LogP contribution is -2.21. The van der Waals surface area contributed by atoms with Crippen LogP contribution in [0.15, 0.2) is 41.8 Å². The standard InChI is InChI=1S/C15H19N3OS/c1-15(2,3)18-9-8-17-14(18)20-10-11-4-6-12(7-5-11)13(16)19/h4-9H,10H2,1-3H3,(H2,16,19). The summed E-state index contributed by atoms with van der Waals surface area (Å²) in [6.45, 7) is 6.46. The molecule has 0 bridgehead atoms. The number of aromatic nitrogens is 2. The molecule has 0 aliphatic carbocycles. The van der Waals surface area contributed by atoms with Gasteiger partial charge in [0.2, 0.25) is 5.91 Å². The molecule has 0 saturated heterocycles. The van der Waals surface area contributed by atoms with Crippen LogP contribution in [0.1, 0.15) is 36.7 Å². The van der Waals surface area contributed by atoms with Gasteiger partial charge in [0.1, 0.15) is 0 Å². The zero-order chi connectivity index (χ0) is 14.8. The number of primary amides is 1. The smallest absolute Gasteiger partial charge is 0.248 e. The third-order valence-electron chi connectivity index (χ3n) is 2.94. The van der Waals surface area contributed by atoms with Crippen LogP contribution < -0.4 is 5.73 Å². The second-order valence-electron chi connectivity index (χ2n) is 5.60. The van der Waals surface area contributed by atoms with Crippen LogP contribution in [0.4, 0.5) is 0 Å². The molecule has 0 fully saturated rings. The molecule has 1 aromatic heterocycles. The highest BCUT2D eigenvalue weighted by Crippen LogP contribution is 2.26. The van der Waals surface area contributed by atoms with E-state index in [1.807, 2.05) is 24.5 Å². The van der Waals surface area contributed by atoms with Gasteiger partial charge in [-0.25, -0.2) is 4.98 Å². The predicted molar refractivity (Wildman–Crippen MR) is 81.7 cm³/mol. The number of imidazole rings is 1. The Labute approximate surface area is 123 Å². The van der Waals surface area contributed by atoms with E-state index in [9.17, 15) is 4.79 Å². The molecule has 1 heterocycles. The van der Waals surface area contributed by atoms with Gasteiger partial charge in [-0.15, -0.1) is 0 Å². The molecular formula is C15H19N3OS. The summed E-state index contributed by atoms with van der Waals surface area (Å²) in [6.07, 6.45) is 3.82. The van der Waals surface area contributed by atoms with Gasteiger partial charge in [0, 0.05) is 29.2 Å². The molecule has 0 aliphatic rings. The molecule has 0 radical (unpaired) electrons. The van der Waals surface area contributed by atoms with Gasteiger partial charge in [-0.3, -0.25) is 4.79 Å². The predicted octanol–water partition coefficient (Wildman–Crippen LogP) is 3.03. The van der Waals surface area contributed by atoms with Crippen molar-refractivity contribution in [1.82, 2.24) is 9.55 Å². The zero-order valence-electron chi connectivity index (χ0n) is 12.0. The topological polar surface area (TPSA) is 60.9 Å². The van der Waals surface area contributed by atoms with E-state index < -0.39 is 5.91 Å². The lowest BCUT2D eigenvalue weighted by atomic mass is 10.1. The molecule has 4 nitrogen and oxygen atoms in total. The van der Waals surface area contributed by atoms with Crippen LogP contribution >= 0.6 is 11.8 Å². The Morgan fingerprint density at radius 1 is 1.30 bits per heavy atom. The average Bonchev–Trinajstić information content (AvgIpc) is 2.85. The lowest BCUT2D eigenvalue weighted by Gasteiger charge is -2.22. The number of amides is 1. The lowest BCUT2D eigenvalue weighted by molar-refractivity contribution is 0.100. The van der Waals surface area contributed by atoms with E-state index in [0.29, 0.717) is 5.56 Å². The molecule has 5 heteroatoms.